The Hall–Kier alpha value is -4.32. The van der Waals surface area contributed by atoms with Crippen LogP contribution >= 0.6 is 46.7 Å². The van der Waals surface area contributed by atoms with E-state index in [4.69, 9.17) is 23.2 Å². The number of hydrogen-bond acceptors (Lipinski definition) is 10. The number of hydrogen-bond donors (Lipinski definition) is 5. The Balaban J connectivity index is 1.34. The highest BCUT2D eigenvalue weighted by molar-refractivity contribution is 8.18. The number of carboxylic acids is 1. The minimum absolute atomic E-state index is 0.0387. The third-order valence-corrected chi connectivity index (χ3v) is 15.1. The molecule has 5 rings (SSSR count). The average molecular weight is 920 g/mol. The van der Waals surface area contributed by atoms with Gasteiger partial charge in [0.15, 0.2) is 0 Å². The molecule has 330 valence electrons. The second kappa shape index (κ2) is 21.7. The van der Waals surface area contributed by atoms with Gasteiger partial charge in [-0.3, -0.25) is 33.6 Å². The molecular formula is C42H52Cl2N6O9S2. The van der Waals surface area contributed by atoms with E-state index < -0.39 is 82.0 Å². The molecule has 2 saturated heterocycles. The number of carbonyl (C=O) groups excluding carboxylic acids is 7. The summed E-state index contributed by atoms with van der Waals surface area (Å²) in [6.07, 6.45) is 5.47. The molecule has 3 aliphatic rings. The number of aromatic carboxylic acids is 1. The van der Waals surface area contributed by atoms with Crippen LogP contribution in [0.1, 0.15) is 97.0 Å². The number of likely N-dealkylation sites (N-methyl/N-ethyl adjacent to an activating group) is 1. The average Bonchev–Trinajstić information content (AvgIpc) is 3.62. The first-order chi connectivity index (χ1) is 29.1. The van der Waals surface area contributed by atoms with Crippen LogP contribution in [0.15, 0.2) is 42.5 Å². The standard InChI is InChI=1S/C42H52Cl2N6O9S2/c1-4-12-30(35(52)38(55)45-22-32(51)47-33(39(56)49(2)3)24-13-7-5-8-14-24)46-37(54)31-21-42(60-17-11-18-61-42)23-50(31)40(57)34(25-15-9-6-10-16-25)48-36(53)26-19-28(43)29(44)20-27(26)41(58)59/h5,7-8,13-14,19-20,25,30-31,33-34H,4,6,9-12,15-18,21-23H2,1-3H3,(H,45,55)(H,46,54)(H,47,51)(H,48,53)(H,58,59)/t30?,31-,33?,34-/m0/s1. The first-order valence-corrected chi connectivity index (χ1v) is 23.1. The number of nitrogens with one attached hydrogen (secondary N) is 4. The van der Waals surface area contributed by atoms with Gasteiger partial charge in [0.1, 0.15) is 18.1 Å². The number of thioether (sulfide) groups is 2. The Kier molecular flexibility index (Phi) is 16.9. The molecule has 0 aromatic heterocycles. The Morgan fingerprint density at radius 1 is 0.885 bits per heavy atom. The van der Waals surface area contributed by atoms with Crippen LogP contribution in [0.4, 0.5) is 0 Å². The molecule has 2 aliphatic heterocycles. The zero-order valence-corrected chi connectivity index (χ0v) is 37.4. The molecule has 61 heavy (non-hydrogen) atoms. The number of ketones is 1. The molecular weight excluding hydrogens is 868 g/mol. The van der Waals surface area contributed by atoms with E-state index >= 15 is 0 Å². The minimum Gasteiger partial charge on any atom is -0.478 e. The molecule has 2 unspecified atom stereocenters. The SMILES string of the molecule is CCCC(NC(=O)[C@@H]1CC2(CN1C(=O)[C@@H](NC(=O)c1cc(Cl)c(Cl)cc1C(=O)O)C1CCCCC1)SCCCS2)C(=O)C(=O)NCC(=O)NC(C(=O)N(C)C)c1ccccc1. The van der Waals surface area contributed by atoms with Crippen molar-refractivity contribution in [1.82, 2.24) is 31.1 Å². The number of carboxylic acid groups (broad SMARTS) is 1. The van der Waals surface area contributed by atoms with Gasteiger partial charge in [0.05, 0.1) is 37.8 Å². The summed E-state index contributed by atoms with van der Waals surface area (Å²) in [7, 11) is 3.09. The van der Waals surface area contributed by atoms with Crippen molar-refractivity contribution in [3.8, 4) is 0 Å². The lowest BCUT2D eigenvalue weighted by Crippen LogP contribution is -2.58. The minimum atomic E-state index is -1.41. The molecule has 1 saturated carbocycles. The van der Waals surface area contributed by atoms with Gasteiger partial charge in [-0.15, -0.1) is 23.5 Å². The maximum atomic E-state index is 14.9. The molecule has 1 spiro atoms. The normalized spacial score (nSPS) is 18.9. The Bertz CT molecular complexity index is 2000. The van der Waals surface area contributed by atoms with E-state index in [0.29, 0.717) is 24.8 Å². The van der Waals surface area contributed by atoms with Crippen LogP contribution in [-0.4, -0.2) is 123 Å². The van der Waals surface area contributed by atoms with Crippen LogP contribution in [0.25, 0.3) is 0 Å². The van der Waals surface area contributed by atoms with Gasteiger partial charge in [0.25, 0.3) is 11.8 Å². The first kappa shape index (κ1) is 47.7. The third kappa shape index (κ3) is 12.0. The van der Waals surface area contributed by atoms with Crippen molar-refractivity contribution in [2.75, 3.05) is 38.7 Å². The molecule has 1 aliphatic carbocycles. The maximum absolute atomic E-state index is 14.9. The van der Waals surface area contributed by atoms with E-state index in [0.717, 1.165) is 49.3 Å². The van der Waals surface area contributed by atoms with E-state index in [2.05, 4.69) is 21.3 Å². The van der Waals surface area contributed by atoms with Crippen molar-refractivity contribution in [3.05, 3.63) is 69.2 Å². The monoisotopic (exact) mass is 918 g/mol. The second-order valence-electron chi connectivity index (χ2n) is 15.7. The molecule has 0 bridgehead atoms. The Morgan fingerprint density at radius 2 is 1.52 bits per heavy atom. The number of benzene rings is 2. The predicted octanol–water partition coefficient (Wildman–Crippen LogP) is 4.45. The molecule has 2 aromatic carbocycles. The highest BCUT2D eigenvalue weighted by Crippen LogP contribution is 2.50. The second-order valence-corrected chi connectivity index (χ2v) is 19.7. The van der Waals surface area contributed by atoms with E-state index in [1.54, 1.807) is 74.9 Å². The van der Waals surface area contributed by atoms with Gasteiger partial charge < -0.3 is 36.2 Å². The van der Waals surface area contributed by atoms with Crippen LogP contribution < -0.4 is 21.3 Å². The van der Waals surface area contributed by atoms with E-state index in [-0.39, 0.29) is 46.5 Å². The fourth-order valence-corrected chi connectivity index (χ4v) is 11.6. The first-order valence-electron chi connectivity index (χ1n) is 20.3. The summed E-state index contributed by atoms with van der Waals surface area (Å²) in [5.74, 6) is -5.30. The summed E-state index contributed by atoms with van der Waals surface area (Å²) in [6.45, 7) is 1.33. The number of rotatable bonds is 16. The molecule has 2 heterocycles. The number of Topliss-reactive ketones (excluding diaryl/α,β-unsaturated/α-hetero) is 1. The van der Waals surface area contributed by atoms with Gasteiger partial charge in [-0.1, -0.05) is 86.1 Å². The van der Waals surface area contributed by atoms with Crippen LogP contribution in [-0.2, 0) is 28.8 Å². The van der Waals surface area contributed by atoms with Gasteiger partial charge in [0.2, 0.25) is 29.4 Å². The molecule has 6 amide bonds. The van der Waals surface area contributed by atoms with Gasteiger partial charge in [-0.25, -0.2) is 4.79 Å². The smallest absolute Gasteiger partial charge is 0.336 e. The summed E-state index contributed by atoms with van der Waals surface area (Å²) < 4.78 is -0.544. The van der Waals surface area contributed by atoms with Crippen LogP contribution in [0.5, 0.6) is 0 Å². The van der Waals surface area contributed by atoms with E-state index in [1.165, 1.54) is 9.80 Å². The summed E-state index contributed by atoms with van der Waals surface area (Å²) in [5.41, 5.74) is -0.128. The van der Waals surface area contributed by atoms with Crippen molar-refractivity contribution in [3.63, 3.8) is 0 Å². The number of amides is 6. The van der Waals surface area contributed by atoms with Crippen LogP contribution in [0.3, 0.4) is 0 Å². The lowest BCUT2D eigenvalue weighted by Gasteiger charge is -2.35. The highest BCUT2D eigenvalue weighted by atomic mass is 35.5. The van der Waals surface area contributed by atoms with Crippen molar-refractivity contribution in [2.24, 2.45) is 5.92 Å². The van der Waals surface area contributed by atoms with E-state index in [1.807, 2.05) is 0 Å². The molecule has 19 heteroatoms. The van der Waals surface area contributed by atoms with Crippen molar-refractivity contribution in [1.29, 1.82) is 0 Å². The van der Waals surface area contributed by atoms with Crippen molar-refractivity contribution >= 4 is 93.9 Å². The largest absolute Gasteiger partial charge is 0.478 e. The number of nitrogens with zero attached hydrogens (tertiary/aromatic N) is 2. The topological polar surface area (TPSA) is 211 Å². The zero-order chi connectivity index (χ0) is 44.4. The molecule has 3 fully saturated rings. The maximum Gasteiger partial charge on any atom is 0.336 e. The Labute approximate surface area is 373 Å². The predicted molar refractivity (Wildman–Crippen MR) is 235 cm³/mol. The summed E-state index contributed by atoms with van der Waals surface area (Å²) in [4.78, 5) is 111. The van der Waals surface area contributed by atoms with Crippen molar-refractivity contribution in [2.45, 2.75) is 93.0 Å². The quantitative estimate of drug-likeness (QED) is 0.149. The fourth-order valence-electron chi connectivity index (χ4n) is 7.92. The Morgan fingerprint density at radius 3 is 2.13 bits per heavy atom. The van der Waals surface area contributed by atoms with Crippen LogP contribution in [0, 0.1) is 5.92 Å². The van der Waals surface area contributed by atoms with E-state index in [9.17, 15) is 43.5 Å². The molecule has 2 aromatic rings. The van der Waals surface area contributed by atoms with Gasteiger partial charge in [-0.2, -0.15) is 0 Å². The summed E-state index contributed by atoms with van der Waals surface area (Å²) in [5, 5.41) is 20.3. The summed E-state index contributed by atoms with van der Waals surface area (Å²) >= 11 is 15.6. The lowest BCUT2D eigenvalue weighted by atomic mass is 9.83. The lowest BCUT2D eigenvalue weighted by molar-refractivity contribution is -0.143. The number of likely N-dealkylation sites (tertiary alicyclic amines) is 1. The fraction of sp³-hybridized carbons (Fsp3) is 0.524. The van der Waals surface area contributed by atoms with Gasteiger partial charge in [0, 0.05) is 27.1 Å². The number of carbonyl (C=O) groups is 8. The van der Waals surface area contributed by atoms with Gasteiger partial charge in [-0.05, 0) is 60.8 Å². The highest BCUT2D eigenvalue weighted by Gasteiger charge is 2.52. The summed E-state index contributed by atoms with van der Waals surface area (Å²) in [6, 6.07) is 6.30. The third-order valence-electron chi connectivity index (χ3n) is 11.1. The van der Waals surface area contributed by atoms with Crippen molar-refractivity contribution < 1.29 is 43.5 Å². The zero-order valence-electron chi connectivity index (χ0n) is 34.3. The number of halogens is 2. The molecule has 5 N–H and O–H groups in total. The molecule has 15 nitrogen and oxygen atoms in total. The van der Waals surface area contributed by atoms with Crippen LogP contribution in [0.2, 0.25) is 10.0 Å². The van der Waals surface area contributed by atoms with Gasteiger partial charge >= 0.3 is 5.97 Å². The molecule has 0 radical (unpaired) electrons. The molecule has 4 atom stereocenters.